The number of primary amides is 1. The predicted molar refractivity (Wildman–Crippen MR) is 116 cm³/mol. The number of hydrogen-bond donors (Lipinski definition) is 2. The number of hydrogen-bond acceptors (Lipinski definition) is 4. The van der Waals surface area contributed by atoms with Crippen LogP contribution in [0.1, 0.15) is 48.3 Å². The van der Waals surface area contributed by atoms with E-state index in [4.69, 9.17) is 10.5 Å². The Morgan fingerprint density at radius 3 is 2.57 bits per heavy atom. The van der Waals surface area contributed by atoms with Crippen molar-refractivity contribution in [1.29, 1.82) is 0 Å². The molecule has 30 heavy (non-hydrogen) atoms. The highest BCUT2D eigenvalue weighted by Gasteiger charge is 2.19. The second-order valence-corrected chi connectivity index (χ2v) is 7.41. The van der Waals surface area contributed by atoms with Crippen LogP contribution in [0.5, 0.6) is 0 Å². The third kappa shape index (κ3) is 4.89. The summed E-state index contributed by atoms with van der Waals surface area (Å²) in [5, 5.41) is 11.5. The lowest BCUT2D eigenvalue weighted by molar-refractivity contribution is -0.143. The van der Waals surface area contributed by atoms with Gasteiger partial charge in [-0.05, 0) is 49.1 Å². The van der Waals surface area contributed by atoms with Crippen LogP contribution in [0.2, 0.25) is 0 Å². The quantitative estimate of drug-likeness (QED) is 0.531. The molecule has 3 rings (SSSR count). The molecule has 158 valence electrons. The number of benzene rings is 2. The fourth-order valence-electron chi connectivity index (χ4n) is 3.80. The summed E-state index contributed by atoms with van der Waals surface area (Å²) >= 11 is 0. The van der Waals surface area contributed by atoms with Crippen molar-refractivity contribution in [1.82, 2.24) is 4.57 Å². The minimum atomic E-state index is -0.794. The minimum absolute atomic E-state index is 0.131. The fourth-order valence-corrected chi connectivity index (χ4v) is 3.80. The molecule has 1 amide bonds. The van der Waals surface area contributed by atoms with Crippen LogP contribution in [0.15, 0.2) is 48.5 Å². The molecule has 1 unspecified atom stereocenters. The van der Waals surface area contributed by atoms with Crippen LogP contribution in [-0.2, 0) is 27.3 Å². The number of nitrogens with two attached hydrogens (primary N) is 1. The number of aliphatic hydroxyl groups excluding tert-OH is 1. The minimum Gasteiger partial charge on any atom is -0.466 e. The Balaban J connectivity index is 1.96. The molecule has 6 nitrogen and oxygen atoms in total. The van der Waals surface area contributed by atoms with E-state index >= 15 is 0 Å². The molecular weight excluding hydrogens is 380 g/mol. The van der Waals surface area contributed by atoms with Crippen molar-refractivity contribution in [2.45, 2.75) is 45.8 Å². The van der Waals surface area contributed by atoms with Crippen molar-refractivity contribution in [3.05, 3.63) is 70.9 Å². The second kappa shape index (κ2) is 9.59. The molecule has 0 aliphatic carbocycles. The van der Waals surface area contributed by atoms with Crippen molar-refractivity contribution in [3.8, 4) is 0 Å². The molecule has 6 heteroatoms. The summed E-state index contributed by atoms with van der Waals surface area (Å²) in [6.07, 6.45) is -0.237. The topological polar surface area (TPSA) is 94.6 Å². The van der Waals surface area contributed by atoms with E-state index in [0.29, 0.717) is 18.7 Å². The van der Waals surface area contributed by atoms with E-state index in [1.165, 1.54) is 0 Å². The highest BCUT2D eigenvalue weighted by molar-refractivity contribution is 5.91. The predicted octanol–water partition coefficient (Wildman–Crippen LogP) is 3.40. The number of aromatic nitrogens is 1. The number of aliphatic hydroxyl groups is 1. The van der Waals surface area contributed by atoms with Gasteiger partial charge in [0, 0.05) is 29.6 Å². The Bertz CT molecular complexity index is 1040. The van der Waals surface area contributed by atoms with Crippen LogP contribution < -0.4 is 5.73 Å². The number of ether oxygens (including phenoxy) is 1. The first-order valence-electron chi connectivity index (χ1n) is 10.2. The highest BCUT2D eigenvalue weighted by Crippen LogP contribution is 2.31. The van der Waals surface area contributed by atoms with Crippen molar-refractivity contribution in [2.24, 2.45) is 5.73 Å². The van der Waals surface area contributed by atoms with Gasteiger partial charge in [-0.1, -0.05) is 36.4 Å². The zero-order valence-corrected chi connectivity index (χ0v) is 17.4. The van der Waals surface area contributed by atoms with E-state index in [9.17, 15) is 14.7 Å². The molecule has 0 saturated heterocycles. The third-order valence-corrected chi connectivity index (χ3v) is 5.32. The maximum absolute atomic E-state index is 11.7. The Hall–Kier alpha value is -3.12. The van der Waals surface area contributed by atoms with E-state index in [0.717, 1.165) is 27.7 Å². The Labute approximate surface area is 176 Å². The van der Waals surface area contributed by atoms with Gasteiger partial charge in [0.15, 0.2) is 0 Å². The van der Waals surface area contributed by atoms with Gasteiger partial charge in [-0.2, -0.15) is 0 Å². The average Bonchev–Trinajstić information content (AvgIpc) is 2.98. The summed E-state index contributed by atoms with van der Waals surface area (Å²) in [6.45, 7) is 4.74. The lowest BCUT2D eigenvalue weighted by Crippen LogP contribution is -2.14. The van der Waals surface area contributed by atoms with Gasteiger partial charge < -0.3 is 20.1 Å². The summed E-state index contributed by atoms with van der Waals surface area (Å²) in [5.74, 6) is -0.720. The van der Waals surface area contributed by atoms with Crippen LogP contribution in [0.25, 0.3) is 10.9 Å². The van der Waals surface area contributed by atoms with E-state index in [2.05, 4.69) is 16.7 Å². The van der Waals surface area contributed by atoms with Gasteiger partial charge in [-0.25, -0.2) is 0 Å². The number of carbonyl (C=O) groups excluding carboxylic acids is 2. The highest BCUT2D eigenvalue weighted by atomic mass is 16.5. The van der Waals surface area contributed by atoms with Crippen LogP contribution in [0.4, 0.5) is 0 Å². The van der Waals surface area contributed by atoms with Gasteiger partial charge in [0.05, 0.1) is 19.1 Å². The van der Waals surface area contributed by atoms with Gasteiger partial charge in [0.2, 0.25) is 5.91 Å². The van der Waals surface area contributed by atoms with Crippen LogP contribution in [0, 0.1) is 6.92 Å². The first-order valence-corrected chi connectivity index (χ1v) is 10.2. The van der Waals surface area contributed by atoms with Gasteiger partial charge in [0.25, 0.3) is 0 Å². The maximum Gasteiger partial charge on any atom is 0.305 e. The lowest BCUT2D eigenvalue weighted by atomic mass is 10.0. The molecule has 0 bridgehead atoms. The Morgan fingerprint density at radius 1 is 1.17 bits per heavy atom. The van der Waals surface area contributed by atoms with Crippen molar-refractivity contribution >= 4 is 22.8 Å². The zero-order chi connectivity index (χ0) is 21.7. The first kappa shape index (κ1) is 21.6. The van der Waals surface area contributed by atoms with E-state index in [1.54, 1.807) is 6.92 Å². The molecule has 3 aromatic rings. The summed E-state index contributed by atoms with van der Waals surface area (Å²) in [6, 6.07) is 15.8. The molecule has 3 N–H and O–H groups in total. The van der Waals surface area contributed by atoms with Gasteiger partial charge >= 0.3 is 5.97 Å². The smallest absolute Gasteiger partial charge is 0.305 e. The number of carbonyl (C=O) groups is 2. The maximum atomic E-state index is 11.7. The Morgan fingerprint density at radius 2 is 1.90 bits per heavy atom. The molecule has 0 aliphatic rings. The standard InChI is InChI=1S/C24H28N2O4/c1-3-30-24(29)12-11-22(27)18-9-10-21-20(13-18)19(14-23(25)28)16(2)26(21)15-17-7-5-4-6-8-17/h4-10,13,22,27H,3,11-12,14-15H2,1-2H3,(H2,25,28). The summed E-state index contributed by atoms with van der Waals surface area (Å²) in [4.78, 5) is 23.3. The lowest BCUT2D eigenvalue weighted by Gasteiger charge is -2.12. The number of nitrogens with zero attached hydrogens (tertiary/aromatic N) is 1. The van der Waals surface area contributed by atoms with Gasteiger partial charge in [-0.3, -0.25) is 9.59 Å². The second-order valence-electron chi connectivity index (χ2n) is 7.41. The van der Waals surface area contributed by atoms with E-state index in [1.807, 2.05) is 43.3 Å². The zero-order valence-electron chi connectivity index (χ0n) is 17.4. The monoisotopic (exact) mass is 408 g/mol. The largest absolute Gasteiger partial charge is 0.466 e. The molecule has 0 fully saturated rings. The SMILES string of the molecule is CCOC(=O)CCC(O)c1ccc2c(c1)c(CC(N)=O)c(C)n2Cc1ccccc1. The average molecular weight is 408 g/mol. The van der Waals surface area contributed by atoms with E-state index < -0.39 is 12.0 Å². The number of fused-ring (bicyclic) bond motifs is 1. The van der Waals surface area contributed by atoms with Crippen molar-refractivity contribution in [3.63, 3.8) is 0 Å². The number of amides is 1. The van der Waals surface area contributed by atoms with Gasteiger partial charge in [-0.15, -0.1) is 0 Å². The summed E-state index contributed by atoms with van der Waals surface area (Å²) in [7, 11) is 0. The fraction of sp³-hybridized carbons (Fsp3) is 0.333. The van der Waals surface area contributed by atoms with Crippen LogP contribution >= 0.6 is 0 Å². The molecular formula is C24H28N2O4. The molecule has 1 atom stereocenters. The van der Waals surface area contributed by atoms with E-state index in [-0.39, 0.29) is 25.2 Å². The van der Waals surface area contributed by atoms with Crippen molar-refractivity contribution < 1.29 is 19.4 Å². The van der Waals surface area contributed by atoms with Crippen LogP contribution in [-0.4, -0.2) is 28.2 Å². The molecule has 2 aromatic carbocycles. The molecule has 0 spiro atoms. The summed E-state index contributed by atoms with van der Waals surface area (Å²) in [5.41, 5.74) is 10.2. The number of esters is 1. The first-order chi connectivity index (χ1) is 14.4. The third-order valence-electron chi connectivity index (χ3n) is 5.32. The molecule has 0 radical (unpaired) electrons. The van der Waals surface area contributed by atoms with Crippen LogP contribution in [0.3, 0.4) is 0 Å². The molecule has 1 aromatic heterocycles. The summed E-state index contributed by atoms with van der Waals surface area (Å²) < 4.78 is 7.10. The normalized spacial score (nSPS) is 12.1. The molecule has 1 heterocycles. The van der Waals surface area contributed by atoms with Gasteiger partial charge in [0.1, 0.15) is 0 Å². The molecule has 0 aliphatic heterocycles. The van der Waals surface area contributed by atoms with Crippen molar-refractivity contribution in [2.75, 3.05) is 6.61 Å². The number of rotatable bonds is 9. The molecule has 0 saturated carbocycles. The Kier molecular flexibility index (Phi) is 6.90.